The van der Waals surface area contributed by atoms with Gasteiger partial charge in [0.25, 0.3) is 6.43 Å². The van der Waals surface area contributed by atoms with Gasteiger partial charge in [-0.2, -0.15) is 0 Å². The summed E-state index contributed by atoms with van der Waals surface area (Å²) >= 11 is 5.54. The molecule has 0 bridgehead atoms. The molecule has 1 aliphatic rings. The Bertz CT molecular complexity index is 339. The summed E-state index contributed by atoms with van der Waals surface area (Å²) in [5, 5.41) is 8.49. The molecule has 1 rings (SSSR count). The molecule has 0 radical (unpaired) electrons. The quantitative estimate of drug-likeness (QED) is 0.785. The van der Waals surface area contributed by atoms with Crippen LogP contribution < -0.4 is 0 Å². The Hall–Kier alpha value is -0.840. The van der Waals surface area contributed by atoms with Crippen molar-refractivity contribution in [3.8, 4) is 0 Å². The van der Waals surface area contributed by atoms with Crippen LogP contribution in [0.15, 0.2) is 10.8 Å². The van der Waals surface area contributed by atoms with Crippen LogP contribution in [-0.2, 0) is 9.53 Å². The van der Waals surface area contributed by atoms with Crippen LogP contribution in [0.2, 0.25) is 0 Å². The Labute approximate surface area is 97.0 Å². The topological polar surface area (TPSA) is 46.5 Å². The third-order valence-corrected chi connectivity index (χ3v) is 3.44. The molecule has 3 nitrogen and oxygen atoms in total. The summed E-state index contributed by atoms with van der Waals surface area (Å²) in [5.74, 6) is -2.69. The average Bonchev–Trinajstić information content (AvgIpc) is 2.68. The average molecular weight is 255 g/mol. The monoisotopic (exact) mass is 254 g/mol. The van der Waals surface area contributed by atoms with Gasteiger partial charge in [0, 0.05) is 5.92 Å². The number of halogens is 3. The zero-order chi connectivity index (χ0) is 12.7. The first-order valence-electron chi connectivity index (χ1n) is 4.69. The molecule has 16 heavy (non-hydrogen) atoms. The zero-order valence-electron chi connectivity index (χ0n) is 9.13. The molecule has 1 N–H and O–H groups in total. The van der Waals surface area contributed by atoms with Gasteiger partial charge in [-0.25, -0.2) is 8.78 Å². The van der Waals surface area contributed by atoms with Crippen LogP contribution >= 0.6 is 11.6 Å². The van der Waals surface area contributed by atoms with E-state index < -0.39 is 40.4 Å². The number of alkyl halides is 2. The van der Waals surface area contributed by atoms with Crippen molar-refractivity contribution in [2.75, 3.05) is 7.11 Å². The van der Waals surface area contributed by atoms with Gasteiger partial charge in [-0.3, -0.25) is 4.79 Å². The summed E-state index contributed by atoms with van der Waals surface area (Å²) < 4.78 is 30.2. The van der Waals surface area contributed by atoms with Gasteiger partial charge in [0.05, 0.1) is 18.6 Å². The van der Waals surface area contributed by atoms with E-state index in [1.807, 2.05) is 0 Å². The highest BCUT2D eigenvalue weighted by Gasteiger charge is 2.65. The molecule has 0 saturated heterocycles. The van der Waals surface area contributed by atoms with Crippen LogP contribution in [0.3, 0.4) is 0 Å². The second-order valence-corrected chi connectivity index (χ2v) is 4.69. The van der Waals surface area contributed by atoms with E-state index in [4.69, 9.17) is 16.7 Å². The number of ether oxygens (including phenoxy) is 1. The molecule has 1 fully saturated rings. The first kappa shape index (κ1) is 13.2. The highest BCUT2D eigenvalue weighted by atomic mass is 35.5. The van der Waals surface area contributed by atoms with Crippen molar-refractivity contribution < 1.29 is 23.4 Å². The summed E-state index contributed by atoms with van der Waals surface area (Å²) in [5.41, 5.74) is -1.13. The van der Waals surface area contributed by atoms with Gasteiger partial charge in [-0.1, -0.05) is 13.8 Å². The van der Waals surface area contributed by atoms with E-state index in [1.165, 1.54) is 7.11 Å². The van der Waals surface area contributed by atoms with Crippen LogP contribution in [0, 0.1) is 17.3 Å². The molecule has 0 aromatic rings. The van der Waals surface area contributed by atoms with E-state index in [-0.39, 0.29) is 0 Å². The second kappa shape index (κ2) is 4.20. The Morgan fingerprint density at radius 3 is 2.19 bits per heavy atom. The molecule has 1 saturated carbocycles. The minimum absolute atomic E-state index is 0.406. The van der Waals surface area contributed by atoms with E-state index in [1.54, 1.807) is 13.8 Å². The number of hydrogen-bond acceptors (Lipinski definition) is 2. The molecule has 0 amide bonds. The number of aliphatic carboxylic acids is 1. The molecule has 2 atom stereocenters. The van der Waals surface area contributed by atoms with E-state index in [2.05, 4.69) is 4.74 Å². The molecule has 0 heterocycles. The maximum Gasteiger partial charge on any atom is 0.307 e. The molecule has 0 aromatic heterocycles. The maximum absolute atomic E-state index is 12.8. The van der Waals surface area contributed by atoms with E-state index in [0.29, 0.717) is 0 Å². The summed E-state index contributed by atoms with van der Waals surface area (Å²) in [6.07, 6.45) is -2.80. The van der Waals surface area contributed by atoms with Crippen LogP contribution in [0.25, 0.3) is 0 Å². The maximum atomic E-state index is 12.8. The normalized spacial score (nSPS) is 28.7. The van der Waals surface area contributed by atoms with Gasteiger partial charge in [-0.05, 0) is 17.0 Å². The summed E-state index contributed by atoms with van der Waals surface area (Å²) in [7, 11) is 1.18. The number of carboxylic acids is 1. The Morgan fingerprint density at radius 1 is 1.44 bits per heavy atom. The van der Waals surface area contributed by atoms with Crippen molar-refractivity contribution in [1.82, 2.24) is 0 Å². The molecule has 6 heteroatoms. The van der Waals surface area contributed by atoms with Crippen LogP contribution in [-0.4, -0.2) is 24.6 Å². The highest BCUT2D eigenvalue weighted by Crippen LogP contribution is 2.63. The van der Waals surface area contributed by atoms with Crippen LogP contribution in [0.1, 0.15) is 13.8 Å². The third-order valence-electron chi connectivity index (χ3n) is 3.07. The number of hydrogen-bond donors (Lipinski definition) is 1. The van der Waals surface area contributed by atoms with Crippen molar-refractivity contribution in [3.05, 3.63) is 10.8 Å². The van der Waals surface area contributed by atoms with Crippen molar-refractivity contribution >= 4 is 17.6 Å². The van der Waals surface area contributed by atoms with Crippen molar-refractivity contribution in [1.29, 1.82) is 0 Å². The number of carboxylic acid groups (broad SMARTS) is 1. The van der Waals surface area contributed by atoms with Crippen molar-refractivity contribution in [2.45, 2.75) is 20.3 Å². The lowest BCUT2D eigenvalue weighted by Crippen LogP contribution is -2.08. The fraction of sp³-hybridized carbons (Fsp3) is 0.700. The largest absolute Gasteiger partial charge is 0.486 e. The number of methoxy groups -OCH3 is 1. The van der Waals surface area contributed by atoms with Crippen LogP contribution in [0.5, 0.6) is 0 Å². The minimum atomic E-state index is -2.80. The number of rotatable bonds is 4. The van der Waals surface area contributed by atoms with Gasteiger partial charge in [0.15, 0.2) is 5.22 Å². The van der Waals surface area contributed by atoms with Gasteiger partial charge < -0.3 is 9.84 Å². The highest BCUT2D eigenvalue weighted by molar-refractivity contribution is 6.28. The van der Waals surface area contributed by atoms with E-state index >= 15 is 0 Å². The van der Waals surface area contributed by atoms with E-state index in [0.717, 1.165) is 0 Å². The van der Waals surface area contributed by atoms with Gasteiger partial charge in [0.1, 0.15) is 0 Å². The Kier molecular flexibility index (Phi) is 3.47. The summed E-state index contributed by atoms with van der Waals surface area (Å²) in [6, 6.07) is 0. The van der Waals surface area contributed by atoms with Crippen molar-refractivity contribution in [2.24, 2.45) is 17.3 Å². The smallest absolute Gasteiger partial charge is 0.307 e. The lowest BCUT2D eigenvalue weighted by Gasteiger charge is -2.09. The molecular formula is C10H13ClF2O3. The first-order chi connectivity index (χ1) is 7.25. The lowest BCUT2D eigenvalue weighted by atomic mass is 10.0. The molecular weight excluding hydrogens is 242 g/mol. The Balaban J connectivity index is 3.06. The number of allylic oxidation sites excluding steroid dienone is 1. The fourth-order valence-corrected chi connectivity index (χ4v) is 2.34. The molecule has 2 unspecified atom stereocenters. The lowest BCUT2D eigenvalue weighted by molar-refractivity contribution is -0.139. The SMILES string of the molecule is CO/C(Cl)=C(/C(F)F)C1C(C(=O)O)C1(C)C. The molecule has 0 spiro atoms. The third kappa shape index (κ3) is 2.00. The standard InChI is InChI=1S/C10H13ClF2O3/c1-10(2)5(6(10)9(14)15)4(8(12)13)7(11)16-3/h5-6,8H,1-3H3,(H,14,15)/b7-4+. The molecule has 0 aromatic carbocycles. The van der Waals surface area contributed by atoms with E-state index in [9.17, 15) is 13.6 Å². The molecule has 1 aliphatic carbocycles. The van der Waals surface area contributed by atoms with Gasteiger partial charge >= 0.3 is 5.97 Å². The predicted molar refractivity (Wildman–Crippen MR) is 54.3 cm³/mol. The predicted octanol–water partition coefficient (Wildman–Crippen LogP) is 2.71. The fourth-order valence-electron chi connectivity index (χ4n) is 2.14. The Morgan fingerprint density at radius 2 is 1.94 bits per heavy atom. The van der Waals surface area contributed by atoms with Gasteiger partial charge in [0.2, 0.25) is 0 Å². The first-order valence-corrected chi connectivity index (χ1v) is 5.07. The van der Waals surface area contributed by atoms with Crippen LogP contribution in [0.4, 0.5) is 8.78 Å². The minimum Gasteiger partial charge on any atom is -0.486 e. The zero-order valence-corrected chi connectivity index (χ0v) is 9.89. The summed E-state index contributed by atoms with van der Waals surface area (Å²) in [4.78, 5) is 10.9. The molecule has 92 valence electrons. The number of carbonyl (C=O) groups is 1. The van der Waals surface area contributed by atoms with Gasteiger partial charge in [-0.15, -0.1) is 0 Å². The second-order valence-electron chi connectivity index (χ2n) is 4.35. The molecule has 0 aliphatic heterocycles. The van der Waals surface area contributed by atoms with Crippen molar-refractivity contribution in [3.63, 3.8) is 0 Å². The summed E-state index contributed by atoms with van der Waals surface area (Å²) in [6.45, 7) is 3.25.